The molecule has 0 spiro atoms. The normalized spacial score (nSPS) is 10.6. The summed E-state index contributed by atoms with van der Waals surface area (Å²) in [5, 5.41) is 9.15. The summed E-state index contributed by atoms with van der Waals surface area (Å²) in [6.07, 6.45) is 3.38. The van der Waals surface area contributed by atoms with E-state index in [1.807, 2.05) is 24.3 Å². The van der Waals surface area contributed by atoms with E-state index in [1.165, 1.54) is 6.07 Å². The monoisotopic (exact) mass is 298 g/mol. The molecule has 1 aromatic carbocycles. The van der Waals surface area contributed by atoms with Gasteiger partial charge >= 0.3 is 5.97 Å². The van der Waals surface area contributed by atoms with Crippen LogP contribution in [0, 0.1) is 0 Å². The number of carboxylic acids is 1. The maximum Gasteiger partial charge on any atom is 0.339 e. The van der Waals surface area contributed by atoms with E-state index in [2.05, 4.69) is 4.98 Å². The van der Waals surface area contributed by atoms with E-state index >= 15 is 0 Å². The molecule has 0 bridgehead atoms. The van der Waals surface area contributed by atoms with Crippen LogP contribution in [0.5, 0.6) is 11.5 Å². The molecule has 22 heavy (non-hydrogen) atoms. The molecule has 0 saturated heterocycles. The van der Waals surface area contributed by atoms with Gasteiger partial charge in [0.05, 0.1) is 19.0 Å². The average molecular weight is 298 g/mol. The summed E-state index contributed by atoms with van der Waals surface area (Å²) in [4.78, 5) is 15.3. The molecular weight excluding hydrogens is 284 g/mol. The van der Waals surface area contributed by atoms with Gasteiger partial charge < -0.3 is 14.6 Å². The van der Waals surface area contributed by atoms with Gasteiger partial charge in [0.2, 0.25) is 0 Å². The van der Waals surface area contributed by atoms with Crippen LogP contribution < -0.4 is 9.47 Å². The van der Waals surface area contributed by atoms with Gasteiger partial charge in [-0.1, -0.05) is 0 Å². The van der Waals surface area contributed by atoms with E-state index in [-0.39, 0.29) is 12.2 Å². The summed E-state index contributed by atoms with van der Waals surface area (Å²) >= 11 is 0. The number of carbonyl (C=O) groups is 1. The highest BCUT2D eigenvalue weighted by Crippen LogP contribution is 2.19. The van der Waals surface area contributed by atoms with Crippen molar-refractivity contribution in [2.45, 2.75) is 6.61 Å². The van der Waals surface area contributed by atoms with E-state index in [0.29, 0.717) is 11.4 Å². The van der Waals surface area contributed by atoms with Crippen molar-refractivity contribution < 1.29 is 19.4 Å². The number of rotatable bonds is 5. The Balaban J connectivity index is 1.82. The molecule has 3 rings (SSSR count). The zero-order chi connectivity index (χ0) is 15.5. The zero-order valence-corrected chi connectivity index (χ0v) is 11.9. The van der Waals surface area contributed by atoms with E-state index in [9.17, 15) is 4.79 Å². The van der Waals surface area contributed by atoms with Crippen LogP contribution in [0.3, 0.4) is 0 Å². The minimum atomic E-state index is -1.00. The Morgan fingerprint density at radius 3 is 2.64 bits per heavy atom. The molecule has 0 unspecified atom stereocenters. The van der Waals surface area contributed by atoms with Crippen LogP contribution in [0.25, 0.3) is 5.65 Å². The SMILES string of the molecule is COc1ccc(OCc2cnc3c(C(=O)O)cccn23)cc1. The van der Waals surface area contributed by atoms with Crippen LogP contribution in [-0.4, -0.2) is 27.6 Å². The second-order valence-electron chi connectivity index (χ2n) is 4.63. The number of nitrogens with zero attached hydrogens (tertiary/aromatic N) is 2. The first-order chi connectivity index (χ1) is 10.7. The summed E-state index contributed by atoms with van der Waals surface area (Å²) in [6.45, 7) is 0.288. The molecule has 1 N–H and O–H groups in total. The Labute approximate surface area is 126 Å². The van der Waals surface area contributed by atoms with Gasteiger partial charge in [-0.25, -0.2) is 9.78 Å². The van der Waals surface area contributed by atoms with E-state index in [4.69, 9.17) is 14.6 Å². The smallest absolute Gasteiger partial charge is 0.339 e. The predicted octanol–water partition coefficient (Wildman–Crippen LogP) is 2.62. The third-order valence-corrected chi connectivity index (χ3v) is 3.29. The maximum atomic E-state index is 11.2. The fourth-order valence-corrected chi connectivity index (χ4v) is 2.16. The topological polar surface area (TPSA) is 73.1 Å². The van der Waals surface area contributed by atoms with Crippen molar-refractivity contribution >= 4 is 11.6 Å². The molecule has 2 aromatic heterocycles. The fourth-order valence-electron chi connectivity index (χ4n) is 2.16. The fraction of sp³-hybridized carbons (Fsp3) is 0.125. The first-order valence-electron chi connectivity index (χ1n) is 6.64. The Hall–Kier alpha value is -3.02. The molecule has 0 aliphatic carbocycles. The Kier molecular flexibility index (Phi) is 3.65. The maximum absolute atomic E-state index is 11.2. The van der Waals surface area contributed by atoms with Gasteiger partial charge in [-0.05, 0) is 36.4 Å². The van der Waals surface area contributed by atoms with Crippen LogP contribution in [0.1, 0.15) is 16.1 Å². The summed E-state index contributed by atoms with van der Waals surface area (Å²) in [5.41, 5.74) is 1.34. The number of hydrogen-bond donors (Lipinski definition) is 1. The molecular formula is C16H14N2O4. The second kappa shape index (κ2) is 5.77. The summed E-state index contributed by atoms with van der Waals surface area (Å²) < 4.78 is 12.5. The summed E-state index contributed by atoms with van der Waals surface area (Å²) in [5.74, 6) is 0.456. The number of imidazole rings is 1. The number of pyridine rings is 1. The van der Waals surface area contributed by atoms with E-state index in [1.54, 1.807) is 30.0 Å². The van der Waals surface area contributed by atoms with Crippen molar-refractivity contribution in [3.8, 4) is 11.5 Å². The molecule has 0 aliphatic rings. The Bertz CT molecular complexity index is 809. The Morgan fingerprint density at radius 1 is 1.23 bits per heavy atom. The van der Waals surface area contributed by atoms with Crippen LogP contribution in [0.2, 0.25) is 0 Å². The van der Waals surface area contributed by atoms with Crippen LogP contribution >= 0.6 is 0 Å². The summed E-state index contributed by atoms with van der Waals surface area (Å²) in [7, 11) is 1.61. The number of fused-ring (bicyclic) bond motifs is 1. The van der Waals surface area contributed by atoms with Gasteiger partial charge in [0.25, 0.3) is 0 Å². The molecule has 0 amide bonds. The van der Waals surface area contributed by atoms with Gasteiger partial charge in [0.15, 0.2) is 5.65 Å². The van der Waals surface area contributed by atoms with Crippen LogP contribution in [0.15, 0.2) is 48.8 Å². The quantitative estimate of drug-likeness (QED) is 0.784. The number of hydrogen-bond acceptors (Lipinski definition) is 4. The van der Waals surface area contributed by atoms with Crippen molar-refractivity contribution in [3.05, 3.63) is 60.0 Å². The lowest BCUT2D eigenvalue weighted by Gasteiger charge is -2.07. The molecule has 0 radical (unpaired) electrons. The lowest BCUT2D eigenvalue weighted by Crippen LogP contribution is -2.03. The van der Waals surface area contributed by atoms with Gasteiger partial charge in [-0.15, -0.1) is 0 Å². The van der Waals surface area contributed by atoms with Crippen molar-refractivity contribution in [2.75, 3.05) is 7.11 Å². The highest BCUT2D eigenvalue weighted by atomic mass is 16.5. The lowest BCUT2D eigenvalue weighted by atomic mass is 10.3. The van der Waals surface area contributed by atoms with Crippen molar-refractivity contribution in [3.63, 3.8) is 0 Å². The van der Waals surface area contributed by atoms with Crippen molar-refractivity contribution in [2.24, 2.45) is 0 Å². The largest absolute Gasteiger partial charge is 0.497 e. The zero-order valence-electron chi connectivity index (χ0n) is 11.9. The molecule has 6 heteroatoms. The van der Waals surface area contributed by atoms with Gasteiger partial charge in [0, 0.05) is 6.20 Å². The third kappa shape index (κ3) is 2.58. The van der Waals surface area contributed by atoms with E-state index in [0.717, 1.165) is 11.4 Å². The average Bonchev–Trinajstić information content (AvgIpc) is 2.96. The number of carboxylic acid groups (broad SMARTS) is 1. The molecule has 0 saturated carbocycles. The lowest BCUT2D eigenvalue weighted by molar-refractivity contribution is 0.0698. The number of aromatic carboxylic acids is 1. The predicted molar refractivity (Wildman–Crippen MR) is 79.5 cm³/mol. The Morgan fingerprint density at radius 2 is 1.95 bits per heavy atom. The van der Waals surface area contributed by atoms with Crippen LogP contribution in [0.4, 0.5) is 0 Å². The highest BCUT2D eigenvalue weighted by molar-refractivity contribution is 5.94. The number of methoxy groups -OCH3 is 1. The molecule has 112 valence electrons. The molecule has 0 aliphatic heterocycles. The first kappa shape index (κ1) is 13.9. The van der Waals surface area contributed by atoms with Gasteiger partial charge in [0.1, 0.15) is 23.7 Å². The van der Waals surface area contributed by atoms with Gasteiger partial charge in [-0.2, -0.15) is 0 Å². The third-order valence-electron chi connectivity index (χ3n) is 3.29. The minimum Gasteiger partial charge on any atom is -0.497 e. The van der Waals surface area contributed by atoms with Crippen LogP contribution in [-0.2, 0) is 6.61 Å². The number of ether oxygens (including phenoxy) is 2. The standard InChI is InChI=1S/C16H14N2O4/c1-21-12-4-6-13(7-5-12)22-10-11-9-17-15-14(16(19)20)3-2-8-18(11)15/h2-9H,10H2,1H3,(H,19,20). The van der Waals surface area contributed by atoms with Crippen molar-refractivity contribution in [1.29, 1.82) is 0 Å². The second-order valence-corrected chi connectivity index (χ2v) is 4.63. The molecule has 0 fully saturated rings. The highest BCUT2D eigenvalue weighted by Gasteiger charge is 2.12. The van der Waals surface area contributed by atoms with Crippen molar-refractivity contribution in [1.82, 2.24) is 9.38 Å². The molecule has 3 aromatic rings. The van der Waals surface area contributed by atoms with Gasteiger partial charge in [-0.3, -0.25) is 4.40 Å². The first-order valence-corrected chi connectivity index (χ1v) is 6.64. The number of aromatic nitrogens is 2. The number of benzene rings is 1. The molecule has 6 nitrogen and oxygen atoms in total. The molecule has 2 heterocycles. The summed E-state index contributed by atoms with van der Waals surface area (Å²) in [6, 6.07) is 10.4. The minimum absolute atomic E-state index is 0.165. The van der Waals surface area contributed by atoms with E-state index < -0.39 is 5.97 Å². The molecule has 0 atom stereocenters.